The molecule has 3 rings (SSSR count). The fourth-order valence-corrected chi connectivity index (χ4v) is 3.49. The first-order valence-electron chi connectivity index (χ1n) is 9.71. The van der Waals surface area contributed by atoms with E-state index in [2.05, 4.69) is 12.2 Å². The second kappa shape index (κ2) is 9.09. The van der Waals surface area contributed by atoms with Gasteiger partial charge in [0, 0.05) is 17.3 Å². The molecule has 0 fully saturated rings. The van der Waals surface area contributed by atoms with Crippen molar-refractivity contribution >= 4 is 34.1 Å². The fourth-order valence-electron chi connectivity index (χ4n) is 3.32. The van der Waals surface area contributed by atoms with Crippen LogP contribution in [0.1, 0.15) is 31.7 Å². The largest absolute Gasteiger partial charge is 0.331 e. The topological polar surface area (TPSA) is 73.1 Å². The van der Waals surface area contributed by atoms with Gasteiger partial charge in [-0.25, -0.2) is 4.79 Å². The molecular formula is C22H24ClN3O3. The maximum atomic E-state index is 13.0. The van der Waals surface area contributed by atoms with E-state index < -0.39 is 5.69 Å². The molecule has 29 heavy (non-hydrogen) atoms. The van der Waals surface area contributed by atoms with Crippen LogP contribution in [0.15, 0.2) is 52.1 Å². The normalized spacial score (nSPS) is 11.0. The summed E-state index contributed by atoms with van der Waals surface area (Å²) in [7, 11) is 0. The molecule has 0 unspecified atom stereocenters. The number of carbonyl (C=O) groups is 1. The standard InChI is InChI=1S/C22H24ClN3O3/c1-3-4-7-13-25-21(28)16-9-5-6-12-19(16)26(22(25)29)14-20(27)24-18-11-8-10-17(23)15(18)2/h5-6,8-12H,3-4,7,13-14H2,1-2H3,(H,24,27). The summed E-state index contributed by atoms with van der Waals surface area (Å²) in [6.45, 7) is 4.02. The number of aromatic nitrogens is 2. The van der Waals surface area contributed by atoms with Gasteiger partial charge in [0.15, 0.2) is 0 Å². The van der Waals surface area contributed by atoms with Crippen LogP contribution in [0, 0.1) is 6.92 Å². The Balaban J connectivity index is 1.99. The molecule has 0 saturated heterocycles. The first-order chi connectivity index (χ1) is 13.9. The van der Waals surface area contributed by atoms with E-state index >= 15 is 0 Å². The van der Waals surface area contributed by atoms with Gasteiger partial charge in [-0.3, -0.25) is 18.7 Å². The number of hydrogen-bond acceptors (Lipinski definition) is 3. The van der Waals surface area contributed by atoms with E-state index in [0.717, 1.165) is 24.8 Å². The van der Waals surface area contributed by atoms with Crippen LogP contribution in [0.25, 0.3) is 10.9 Å². The van der Waals surface area contributed by atoms with E-state index in [1.54, 1.807) is 42.5 Å². The molecule has 1 amide bonds. The van der Waals surface area contributed by atoms with Gasteiger partial charge in [0.25, 0.3) is 5.56 Å². The SMILES string of the molecule is CCCCCn1c(=O)c2ccccc2n(CC(=O)Nc2cccc(Cl)c2C)c1=O. The van der Waals surface area contributed by atoms with Gasteiger partial charge in [0.05, 0.1) is 10.9 Å². The minimum atomic E-state index is -0.470. The number of benzene rings is 2. The van der Waals surface area contributed by atoms with E-state index in [4.69, 9.17) is 11.6 Å². The molecule has 152 valence electrons. The lowest BCUT2D eigenvalue weighted by molar-refractivity contribution is -0.116. The third-order valence-electron chi connectivity index (χ3n) is 4.96. The second-order valence-corrected chi connectivity index (χ2v) is 7.42. The van der Waals surface area contributed by atoms with Crippen molar-refractivity contribution in [1.82, 2.24) is 9.13 Å². The van der Waals surface area contributed by atoms with Gasteiger partial charge >= 0.3 is 5.69 Å². The number of halogens is 1. The fraction of sp³-hybridized carbons (Fsp3) is 0.318. The predicted molar refractivity (Wildman–Crippen MR) is 117 cm³/mol. The van der Waals surface area contributed by atoms with Gasteiger partial charge in [-0.15, -0.1) is 0 Å². The monoisotopic (exact) mass is 413 g/mol. The molecule has 1 N–H and O–H groups in total. The maximum absolute atomic E-state index is 13.0. The number of hydrogen-bond donors (Lipinski definition) is 1. The Kier molecular flexibility index (Phi) is 6.54. The lowest BCUT2D eigenvalue weighted by atomic mass is 10.2. The third kappa shape index (κ3) is 4.43. The van der Waals surface area contributed by atoms with Gasteiger partial charge < -0.3 is 5.32 Å². The zero-order valence-corrected chi connectivity index (χ0v) is 17.3. The van der Waals surface area contributed by atoms with Gasteiger partial charge in [-0.2, -0.15) is 0 Å². The molecule has 0 saturated carbocycles. The summed E-state index contributed by atoms with van der Waals surface area (Å²) in [6.07, 6.45) is 2.64. The quantitative estimate of drug-likeness (QED) is 0.596. The Morgan fingerprint density at radius 3 is 2.55 bits per heavy atom. The number of para-hydroxylation sites is 1. The molecule has 3 aromatic rings. The van der Waals surface area contributed by atoms with Crippen molar-refractivity contribution in [2.45, 2.75) is 46.2 Å². The molecule has 0 aliphatic rings. The molecule has 7 heteroatoms. The average Bonchev–Trinajstić information content (AvgIpc) is 2.71. The van der Waals surface area contributed by atoms with Crippen LogP contribution in [0.3, 0.4) is 0 Å². The molecule has 0 atom stereocenters. The van der Waals surface area contributed by atoms with Gasteiger partial charge in [-0.05, 0) is 43.2 Å². The highest BCUT2D eigenvalue weighted by atomic mass is 35.5. The predicted octanol–water partition coefficient (Wildman–Crippen LogP) is 3.95. The number of amides is 1. The first kappa shape index (κ1) is 20.9. The van der Waals surface area contributed by atoms with Crippen LogP contribution in [0.5, 0.6) is 0 Å². The van der Waals surface area contributed by atoms with Gasteiger partial charge in [0.2, 0.25) is 5.91 Å². The number of nitrogens with one attached hydrogen (secondary N) is 1. The molecule has 0 aliphatic heterocycles. The van der Waals surface area contributed by atoms with E-state index in [0.29, 0.717) is 28.2 Å². The summed E-state index contributed by atoms with van der Waals surface area (Å²) in [5, 5.41) is 3.78. The Morgan fingerprint density at radius 1 is 1.03 bits per heavy atom. The number of nitrogens with zero attached hydrogens (tertiary/aromatic N) is 2. The Labute approximate surface area is 173 Å². The van der Waals surface area contributed by atoms with Crippen molar-refractivity contribution < 1.29 is 4.79 Å². The van der Waals surface area contributed by atoms with Crippen LogP contribution in [0.2, 0.25) is 5.02 Å². The Bertz CT molecular complexity index is 1160. The lowest BCUT2D eigenvalue weighted by Crippen LogP contribution is -2.41. The number of unbranched alkanes of at least 4 members (excludes halogenated alkanes) is 2. The van der Waals surface area contributed by atoms with E-state index in [-0.39, 0.29) is 18.0 Å². The zero-order chi connectivity index (χ0) is 21.0. The van der Waals surface area contributed by atoms with Crippen molar-refractivity contribution in [2.75, 3.05) is 5.32 Å². The van der Waals surface area contributed by atoms with Crippen molar-refractivity contribution in [2.24, 2.45) is 0 Å². The number of anilines is 1. The molecule has 1 heterocycles. The lowest BCUT2D eigenvalue weighted by Gasteiger charge is -2.15. The molecule has 0 radical (unpaired) electrons. The Morgan fingerprint density at radius 2 is 1.79 bits per heavy atom. The summed E-state index contributed by atoms with van der Waals surface area (Å²) in [5.41, 5.74) is 1.01. The number of fused-ring (bicyclic) bond motifs is 1. The molecule has 0 spiro atoms. The molecule has 1 aromatic heterocycles. The van der Waals surface area contributed by atoms with Crippen LogP contribution in [0.4, 0.5) is 5.69 Å². The van der Waals surface area contributed by atoms with E-state index in [9.17, 15) is 14.4 Å². The van der Waals surface area contributed by atoms with Gasteiger partial charge in [-0.1, -0.05) is 49.6 Å². The minimum Gasteiger partial charge on any atom is -0.324 e. The van der Waals surface area contributed by atoms with Crippen LogP contribution in [-0.2, 0) is 17.9 Å². The van der Waals surface area contributed by atoms with Crippen molar-refractivity contribution in [1.29, 1.82) is 0 Å². The summed E-state index contributed by atoms with van der Waals surface area (Å²) < 4.78 is 2.59. The summed E-state index contributed by atoms with van der Waals surface area (Å²) in [5.74, 6) is -0.360. The average molecular weight is 414 g/mol. The van der Waals surface area contributed by atoms with Crippen LogP contribution < -0.4 is 16.6 Å². The van der Waals surface area contributed by atoms with Gasteiger partial charge in [0.1, 0.15) is 6.54 Å². The van der Waals surface area contributed by atoms with Crippen molar-refractivity contribution in [3.05, 3.63) is 73.9 Å². The number of rotatable bonds is 7. The smallest absolute Gasteiger partial charge is 0.324 e. The highest BCUT2D eigenvalue weighted by Gasteiger charge is 2.15. The van der Waals surface area contributed by atoms with E-state index in [1.807, 2.05) is 6.92 Å². The highest BCUT2D eigenvalue weighted by molar-refractivity contribution is 6.31. The molecule has 2 aromatic carbocycles. The van der Waals surface area contributed by atoms with E-state index in [1.165, 1.54) is 9.13 Å². The second-order valence-electron chi connectivity index (χ2n) is 7.01. The third-order valence-corrected chi connectivity index (χ3v) is 5.37. The summed E-state index contributed by atoms with van der Waals surface area (Å²) >= 11 is 6.11. The zero-order valence-electron chi connectivity index (χ0n) is 16.6. The van der Waals surface area contributed by atoms with Crippen molar-refractivity contribution in [3.63, 3.8) is 0 Å². The first-order valence-corrected chi connectivity index (χ1v) is 10.1. The van der Waals surface area contributed by atoms with Crippen molar-refractivity contribution in [3.8, 4) is 0 Å². The maximum Gasteiger partial charge on any atom is 0.331 e. The molecular weight excluding hydrogens is 390 g/mol. The molecule has 6 nitrogen and oxygen atoms in total. The summed E-state index contributed by atoms with van der Waals surface area (Å²) in [6, 6.07) is 12.1. The molecule has 0 bridgehead atoms. The highest BCUT2D eigenvalue weighted by Crippen LogP contribution is 2.23. The van der Waals surface area contributed by atoms with Crippen LogP contribution in [-0.4, -0.2) is 15.0 Å². The summed E-state index contributed by atoms with van der Waals surface area (Å²) in [4.78, 5) is 38.5. The Hall–Kier alpha value is -2.86. The molecule has 0 aliphatic carbocycles. The minimum absolute atomic E-state index is 0.195. The van der Waals surface area contributed by atoms with Crippen LogP contribution >= 0.6 is 11.6 Å². The number of carbonyl (C=O) groups excluding carboxylic acids is 1.